The van der Waals surface area contributed by atoms with Crippen molar-refractivity contribution in [1.29, 1.82) is 0 Å². The molecule has 0 saturated heterocycles. The van der Waals surface area contributed by atoms with Gasteiger partial charge in [0.15, 0.2) is 5.82 Å². The van der Waals surface area contributed by atoms with Gasteiger partial charge in [-0.05, 0) is 32.2 Å². The van der Waals surface area contributed by atoms with Gasteiger partial charge in [0.1, 0.15) is 0 Å². The molecule has 0 unspecified atom stereocenters. The molecule has 4 heteroatoms. The molecule has 1 N–H and O–H groups in total. The van der Waals surface area contributed by atoms with Gasteiger partial charge >= 0.3 is 0 Å². The van der Waals surface area contributed by atoms with E-state index in [1.807, 2.05) is 6.92 Å². The zero-order chi connectivity index (χ0) is 9.80. The topological polar surface area (TPSA) is 51.0 Å². The van der Waals surface area contributed by atoms with E-state index in [0.29, 0.717) is 18.3 Å². The molecule has 14 heavy (non-hydrogen) atoms. The molecule has 0 radical (unpaired) electrons. The molecule has 1 saturated carbocycles. The van der Waals surface area contributed by atoms with Gasteiger partial charge in [-0.25, -0.2) is 0 Å². The van der Waals surface area contributed by atoms with Crippen LogP contribution in [0.5, 0.6) is 0 Å². The molecule has 2 rings (SSSR count). The van der Waals surface area contributed by atoms with Gasteiger partial charge in [0.25, 0.3) is 0 Å². The standard InChI is InChI=1S/C10H17N3O/c1-8-12-10(14-13-8)7-11-6-9-4-2-3-5-9/h9,11H,2-7H2,1H3. The maximum atomic E-state index is 5.01. The van der Waals surface area contributed by atoms with Crippen molar-refractivity contribution in [2.24, 2.45) is 5.92 Å². The highest BCUT2D eigenvalue weighted by Gasteiger charge is 2.14. The van der Waals surface area contributed by atoms with Crippen molar-refractivity contribution in [2.45, 2.75) is 39.2 Å². The van der Waals surface area contributed by atoms with Crippen LogP contribution in [0.2, 0.25) is 0 Å². The van der Waals surface area contributed by atoms with Gasteiger partial charge in [-0.3, -0.25) is 0 Å². The average molecular weight is 195 g/mol. The van der Waals surface area contributed by atoms with Crippen LogP contribution >= 0.6 is 0 Å². The Bertz CT molecular complexity index is 279. The van der Waals surface area contributed by atoms with Crippen molar-refractivity contribution < 1.29 is 4.52 Å². The summed E-state index contributed by atoms with van der Waals surface area (Å²) in [5.74, 6) is 2.27. The van der Waals surface area contributed by atoms with Gasteiger partial charge < -0.3 is 9.84 Å². The first kappa shape index (κ1) is 9.65. The van der Waals surface area contributed by atoms with E-state index in [-0.39, 0.29) is 0 Å². The summed E-state index contributed by atoms with van der Waals surface area (Å²) in [6.45, 7) is 3.63. The van der Waals surface area contributed by atoms with E-state index in [1.165, 1.54) is 25.7 Å². The maximum Gasteiger partial charge on any atom is 0.240 e. The zero-order valence-corrected chi connectivity index (χ0v) is 8.62. The molecule has 0 atom stereocenters. The monoisotopic (exact) mass is 195 g/mol. The first-order chi connectivity index (χ1) is 6.84. The quantitative estimate of drug-likeness (QED) is 0.793. The lowest BCUT2D eigenvalue weighted by Crippen LogP contribution is -2.20. The fourth-order valence-electron chi connectivity index (χ4n) is 2.01. The normalized spacial score (nSPS) is 17.8. The molecule has 1 aliphatic rings. The summed E-state index contributed by atoms with van der Waals surface area (Å²) in [6, 6.07) is 0. The summed E-state index contributed by atoms with van der Waals surface area (Å²) in [5.41, 5.74) is 0. The predicted molar refractivity (Wildman–Crippen MR) is 52.7 cm³/mol. The molecule has 0 bridgehead atoms. The second-order valence-electron chi connectivity index (χ2n) is 4.02. The summed E-state index contributed by atoms with van der Waals surface area (Å²) in [5, 5.41) is 7.10. The van der Waals surface area contributed by atoms with Crippen LogP contribution in [0.3, 0.4) is 0 Å². The van der Waals surface area contributed by atoms with Crippen LogP contribution < -0.4 is 5.32 Å². The van der Waals surface area contributed by atoms with Crippen LogP contribution in [0.15, 0.2) is 4.52 Å². The summed E-state index contributed by atoms with van der Waals surface area (Å²) < 4.78 is 5.01. The van der Waals surface area contributed by atoms with Crippen molar-refractivity contribution in [2.75, 3.05) is 6.54 Å². The molecular weight excluding hydrogens is 178 g/mol. The van der Waals surface area contributed by atoms with Gasteiger partial charge in [-0.1, -0.05) is 18.0 Å². The fourth-order valence-corrected chi connectivity index (χ4v) is 2.01. The molecule has 0 aromatic carbocycles. The number of nitrogens with zero attached hydrogens (tertiary/aromatic N) is 2. The summed E-state index contributed by atoms with van der Waals surface area (Å²) in [4.78, 5) is 4.13. The molecule has 1 aromatic heterocycles. The Labute approximate surface area is 84.1 Å². The first-order valence-electron chi connectivity index (χ1n) is 5.34. The number of rotatable bonds is 4. The van der Waals surface area contributed by atoms with Gasteiger partial charge in [-0.2, -0.15) is 4.98 Å². The second-order valence-corrected chi connectivity index (χ2v) is 4.02. The van der Waals surface area contributed by atoms with E-state index in [0.717, 1.165) is 12.5 Å². The second kappa shape index (κ2) is 4.55. The van der Waals surface area contributed by atoms with Gasteiger partial charge in [0.2, 0.25) is 5.89 Å². The molecule has 0 amide bonds. The Balaban J connectivity index is 1.67. The lowest BCUT2D eigenvalue weighted by atomic mass is 10.1. The third-order valence-corrected chi connectivity index (χ3v) is 2.75. The highest BCUT2D eigenvalue weighted by Crippen LogP contribution is 2.23. The van der Waals surface area contributed by atoms with Gasteiger partial charge in [-0.15, -0.1) is 0 Å². The lowest BCUT2D eigenvalue weighted by Gasteiger charge is -2.07. The van der Waals surface area contributed by atoms with E-state index in [4.69, 9.17) is 4.52 Å². The van der Waals surface area contributed by atoms with Crippen LogP contribution in [0.25, 0.3) is 0 Å². The number of aryl methyl sites for hydroxylation is 1. The van der Waals surface area contributed by atoms with Crippen LogP contribution in [-0.2, 0) is 6.54 Å². The Morgan fingerprint density at radius 2 is 2.21 bits per heavy atom. The van der Waals surface area contributed by atoms with Crippen molar-refractivity contribution in [3.63, 3.8) is 0 Å². The van der Waals surface area contributed by atoms with E-state index in [2.05, 4.69) is 15.5 Å². The highest BCUT2D eigenvalue weighted by atomic mass is 16.5. The van der Waals surface area contributed by atoms with Crippen molar-refractivity contribution >= 4 is 0 Å². The molecule has 1 fully saturated rings. The van der Waals surface area contributed by atoms with Crippen LogP contribution in [0.1, 0.15) is 37.4 Å². The molecule has 0 aliphatic heterocycles. The largest absolute Gasteiger partial charge is 0.338 e. The SMILES string of the molecule is Cc1noc(CNCC2CCCC2)n1. The average Bonchev–Trinajstić information content (AvgIpc) is 2.77. The minimum atomic E-state index is 0.695. The zero-order valence-electron chi connectivity index (χ0n) is 8.62. The summed E-state index contributed by atoms with van der Waals surface area (Å²) in [6.07, 6.45) is 5.53. The minimum Gasteiger partial charge on any atom is -0.338 e. The van der Waals surface area contributed by atoms with E-state index >= 15 is 0 Å². The first-order valence-corrected chi connectivity index (χ1v) is 5.34. The van der Waals surface area contributed by atoms with Gasteiger partial charge in [0, 0.05) is 0 Å². The Morgan fingerprint density at radius 3 is 2.86 bits per heavy atom. The van der Waals surface area contributed by atoms with Crippen LogP contribution in [-0.4, -0.2) is 16.7 Å². The van der Waals surface area contributed by atoms with E-state index in [9.17, 15) is 0 Å². The minimum absolute atomic E-state index is 0.695. The highest BCUT2D eigenvalue weighted by molar-refractivity contribution is 4.82. The number of nitrogens with one attached hydrogen (secondary N) is 1. The number of hydrogen-bond donors (Lipinski definition) is 1. The Hall–Kier alpha value is -0.900. The van der Waals surface area contributed by atoms with Crippen LogP contribution in [0.4, 0.5) is 0 Å². The van der Waals surface area contributed by atoms with E-state index < -0.39 is 0 Å². The number of hydrogen-bond acceptors (Lipinski definition) is 4. The molecular formula is C10H17N3O. The third-order valence-electron chi connectivity index (χ3n) is 2.75. The van der Waals surface area contributed by atoms with Crippen molar-refractivity contribution in [1.82, 2.24) is 15.5 Å². The summed E-state index contributed by atoms with van der Waals surface area (Å²) >= 11 is 0. The molecule has 0 spiro atoms. The predicted octanol–water partition coefficient (Wildman–Crippen LogP) is 1.66. The third kappa shape index (κ3) is 2.54. The maximum absolute atomic E-state index is 5.01. The van der Waals surface area contributed by atoms with Gasteiger partial charge in [0.05, 0.1) is 6.54 Å². The number of aromatic nitrogens is 2. The summed E-state index contributed by atoms with van der Waals surface area (Å²) in [7, 11) is 0. The fraction of sp³-hybridized carbons (Fsp3) is 0.800. The van der Waals surface area contributed by atoms with E-state index in [1.54, 1.807) is 0 Å². The Morgan fingerprint density at radius 1 is 1.43 bits per heavy atom. The Kier molecular flexibility index (Phi) is 3.14. The molecule has 4 nitrogen and oxygen atoms in total. The molecule has 1 heterocycles. The lowest BCUT2D eigenvalue weighted by molar-refractivity contribution is 0.357. The molecule has 78 valence electrons. The van der Waals surface area contributed by atoms with Crippen LogP contribution in [0, 0.1) is 12.8 Å². The van der Waals surface area contributed by atoms with Crippen molar-refractivity contribution in [3.05, 3.63) is 11.7 Å². The van der Waals surface area contributed by atoms with Crippen molar-refractivity contribution in [3.8, 4) is 0 Å². The molecule has 1 aliphatic carbocycles. The molecule has 1 aromatic rings. The smallest absolute Gasteiger partial charge is 0.240 e.